The number of rotatable bonds is 8. The maximum absolute atomic E-state index is 13.4. The van der Waals surface area contributed by atoms with Crippen LogP contribution in [0.2, 0.25) is 0 Å². The molecule has 31 heavy (non-hydrogen) atoms. The van der Waals surface area contributed by atoms with Gasteiger partial charge in [0, 0.05) is 11.8 Å². The minimum Gasteiger partial charge on any atom is -0.497 e. The van der Waals surface area contributed by atoms with Crippen molar-refractivity contribution in [3.63, 3.8) is 0 Å². The molecule has 5 nitrogen and oxygen atoms in total. The molecule has 0 aliphatic carbocycles. The average Bonchev–Trinajstić information content (AvgIpc) is 3.35. The lowest BCUT2D eigenvalue weighted by molar-refractivity contribution is -0.118. The zero-order valence-corrected chi connectivity index (χ0v) is 17.2. The van der Waals surface area contributed by atoms with Crippen LogP contribution < -0.4 is 15.4 Å². The molecule has 0 aliphatic rings. The van der Waals surface area contributed by atoms with Gasteiger partial charge in [0.2, 0.25) is 5.91 Å². The van der Waals surface area contributed by atoms with E-state index in [9.17, 15) is 4.79 Å². The molecule has 0 aliphatic heterocycles. The third-order valence-corrected chi connectivity index (χ3v) is 5.03. The molecule has 0 saturated carbocycles. The first-order chi connectivity index (χ1) is 15.2. The van der Waals surface area contributed by atoms with Gasteiger partial charge in [0.1, 0.15) is 17.6 Å². The lowest BCUT2D eigenvalue weighted by Crippen LogP contribution is -2.36. The van der Waals surface area contributed by atoms with Crippen molar-refractivity contribution < 1.29 is 13.9 Å². The van der Waals surface area contributed by atoms with Gasteiger partial charge in [-0.1, -0.05) is 66.7 Å². The van der Waals surface area contributed by atoms with Crippen molar-refractivity contribution in [3.8, 4) is 5.75 Å². The lowest BCUT2D eigenvalue weighted by Gasteiger charge is -2.25. The highest BCUT2D eigenvalue weighted by molar-refractivity contribution is 5.95. The van der Waals surface area contributed by atoms with Gasteiger partial charge in [0.25, 0.3) is 0 Å². The van der Waals surface area contributed by atoms with Crippen LogP contribution in [0.15, 0.2) is 108 Å². The highest BCUT2D eigenvalue weighted by Crippen LogP contribution is 2.28. The fourth-order valence-corrected chi connectivity index (χ4v) is 3.49. The van der Waals surface area contributed by atoms with Crippen LogP contribution in [0.5, 0.6) is 5.75 Å². The number of anilines is 1. The van der Waals surface area contributed by atoms with Crippen LogP contribution >= 0.6 is 0 Å². The lowest BCUT2D eigenvalue weighted by atomic mass is 10.00. The second kappa shape index (κ2) is 9.78. The summed E-state index contributed by atoms with van der Waals surface area (Å²) in [5.74, 6) is 1.24. The predicted molar refractivity (Wildman–Crippen MR) is 121 cm³/mol. The molecule has 2 atom stereocenters. The largest absolute Gasteiger partial charge is 0.497 e. The summed E-state index contributed by atoms with van der Waals surface area (Å²) in [6.45, 7) is 0. The smallest absolute Gasteiger partial charge is 0.246 e. The molecule has 4 rings (SSSR count). The first kappa shape index (κ1) is 20.4. The van der Waals surface area contributed by atoms with E-state index in [4.69, 9.17) is 9.15 Å². The molecule has 0 radical (unpaired) electrons. The van der Waals surface area contributed by atoms with Crippen LogP contribution in [0.25, 0.3) is 0 Å². The van der Waals surface area contributed by atoms with E-state index in [1.807, 2.05) is 91.0 Å². The first-order valence-electron chi connectivity index (χ1n) is 10.1. The number of benzene rings is 3. The first-order valence-corrected chi connectivity index (χ1v) is 10.1. The highest BCUT2D eigenvalue weighted by Gasteiger charge is 2.27. The molecule has 0 fully saturated rings. The van der Waals surface area contributed by atoms with E-state index < -0.39 is 6.04 Å². The zero-order valence-electron chi connectivity index (χ0n) is 17.2. The van der Waals surface area contributed by atoms with Crippen molar-refractivity contribution in [3.05, 3.63) is 120 Å². The number of furan rings is 1. The molecule has 1 aromatic heterocycles. The topological polar surface area (TPSA) is 63.5 Å². The van der Waals surface area contributed by atoms with Gasteiger partial charge in [0.05, 0.1) is 19.4 Å². The van der Waals surface area contributed by atoms with Crippen molar-refractivity contribution in [1.29, 1.82) is 0 Å². The van der Waals surface area contributed by atoms with Gasteiger partial charge < -0.3 is 14.5 Å². The highest BCUT2D eigenvalue weighted by atomic mass is 16.5. The third kappa shape index (κ3) is 5.02. The van der Waals surface area contributed by atoms with Crippen molar-refractivity contribution >= 4 is 11.6 Å². The van der Waals surface area contributed by atoms with Crippen molar-refractivity contribution in [1.82, 2.24) is 5.32 Å². The summed E-state index contributed by atoms with van der Waals surface area (Å²) >= 11 is 0. The number of hydrogen-bond acceptors (Lipinski definition) is 4. The Morgan fingerprint density at radius 2 is 1.55 bits per heavy atom. The second-order valence-electron chi connectivity index (χ2n) is 7.09. The number of carbonyl (C=O) groups is 1. The Hall–Kier alpha value is -3.83. The predicted octanol–water partition coefficient (Wildman–Crippen LogP) is 5.35. The Balaban J connectivity index is 1.66. The summed E-state index contributed by atoms with van der Waals surface area (Å²) < 4.78 is 11.0. The van der Waals surface area contributed by atoms with Crippen LogP contribution in [0.3, 0.4) is 0 Å². The molecule has 156 valence electrons. The number of amides is 1. The molecule has 4 aromatic rings. The van der Waals surface area contributed by atoms with E-state index >= 15 is 0 Å². The van der Waals surface area contributed by atoms with Gasteiger partial charge in [-0.15, -0.1) is 0 Å². The van der Waals surface area contributed by atoms with E-state index in [1.54, 1.807) is 19.4 Å². The van der Waals surface area contributed by atoms with Gasteiger partial charge >= 0.3 is 0 Å². The number of nitrogens with one attached hydrogen (secondary N) is 2. The van der Waals surface area contributed by atoms with Crippen LogP contribution in [0.4, 0.5) is 5.69 Å². The fraction of sp³-hybridized carbons (Fsp3) is 0.115. The number of carbonyl (C=O) groups excluding carboxylic acids is 1. The number of methoxy groups -OCH3 is 1. The molecule has 1 heterocycles. The zero-order chi connectivity index (χ0) is 21.5. The summed E-state index contributed by atoms with van der Waals surface area (Å²) in [6, 6.07) is 29.8. The Bertz CT molecular complexity index is 1100. The molecular formula is C26H24N2O3. The molecule has 0 saturated heterocycles. The van der Waals surface area contributed by atoms with E-state index in [0.29, 0.717) is 11.4 Å². The Labute approximate surface area is 181 Å². The second-order valence-corrected chi connectivity index (χ2v) is 7.09. The Morgan fingerprint density at radius 3 is 2.19 bits per heavy atom. The summed E-state index contributed by atoms with van der Waals surface area (Å²) in [5, 5.41) is 6.51. The molecule has 0 bridgehead atoms. The summed E-state index contributed by atoms with van der Waals surface area (Å²) in [7, 11) is 1.60. The normalized spacial score (nSPS) is 12.7. The maximum atomic E-state index is 13.4. The summed E-state index contributed by atoms with van der Waals surface area (Å²) in [4.78, 5) is 13.4. The van der Waals surface area contributed by atoms with Crippen LogP contribution in [-0.2, 0) is 4.79 Å². The minimum absolute atomic E-state index is 0.174. The van der Waals surface area contributed by atoms with Gasteiger partial charge in [-0.05, 0) is 35.4 Å². The molecule has 5 heteroatoms. The Morgan fingerprint density at radius 1 is 0.839 bits per heavy atom. The fourth-order valence-electron chi connectivity index (χ4n) is 3.49. The molecule has 2 N–H and O–H groups in total. The van der Waals surface area contributed by atoms with Crippen molar-refractivity contribution in [2.45, 2.75) is 12.1 Å². The summed E-state index contributed by atoms with van der Waals surface area (Å²) in [5.41, 5.74) is 2.53. The SMILES string of the molecule is COc1cccc(NC(=O)[C@H](N[C@H](c2ccccc2)c2ccco2)c2ccccc2)c1. The van der Waals surface area contributed by atoms with E-state index in [-0.39, 0.29) is 11.9 Å². The molecule has 0 unspecified atom stereocenters. The van der Waals surface area contributed by atoms with Gasteiger partial charge in [0.15, 0.2) is 0 Å². The van der Waals surface area contributed by atoms with E-state index in [0.717, 1.165) is 16.9 Å². The average molecular weight is 412 g/mol. The molecule has 0 spiro atoms. The summed E-state index contributed by atoms with van der Waals surface area (Å²) in [6.07, 6.45) is 1.64. The van der Waals surface area contributed by atoms with Crippen LogP contribution in [0, 0.1) is 0 Å². The monoisotopic (exact) mass is 412 g/mol. The molecule has 1 amide bonds. The van der Waals surface area contributed by atoms with Gasteiger partial charge in [-0.25, -0.2) is 0 Å². The van der Waals surface area contributed by atoms with Crippen LogP contribution in [-0.4, -0.2) is 13.0 Å². The van der Waals surface area contributed by atoms with Gasteiger partial charge in [-0.2, -0.15) is 0 Å². The number of ether oxygens (including phenoxy) is 1. The standard InChI is InChI=1S/C26H24N2O3/c1-30-22-15-8-14-21(18-22)27-26(29)25(20-12-6-3-7-13-20)28-24(23-16-9-17-31-23)19-10-4-2-5-11-19/h2-18,24-25,28H,1H3,(H,27,29)/t24-,25-/m1/s1. The maximum Gasteiger partial charge on any atom is 0.246 e. The molecule has 3 aromatic carbocycles. The molecular weight excluding hydrogens is 388 g/mol. The van der Waals surface area contributed by atoms with E-state index in [2.05, 4.69) is 10.6 Å². The van der Waals surface area contributed by atoms with Crippen molar-refractivity contribution in [2.24, 2.45) is 0 Å². The minimum atomic E-state index is -0.609. The number of hydrogen-bond donors (Lipinski definition) is 2. The Kier molecular flexibility index (Phi) is 6.45. The van der Waals surface area contributed by atoms with Crippen molar-refractivity contribution in [2.75, 3.05) is 12.4 Å². The third-order valence-electron chi connectivity index (χ3n) is 5.03. The van der Waals surface area contributed by atoms with Gasteiger partial charge in [-0.3, -0.25) is 10.1 Å². The quantitative estimate of drug-likeness (QED) is 0.410. The van der Waals surface area contributed by atoms with E-state index in [1.165, 1.54) is 0 Å². The van der Waals surface area contributed by atoms with Crippen LogP contribution in [0.1, 0.15) is 29.0 Å².